The van der Waals surface area contributed by atoms with E-state index in [1.165, 1.54) is 0 Å². The van der Waals surface area contributed by atoms with E-state index in [1.54, 1.807) is 0 Å². The molecule has 0 heterocycles. The Morgan fingerprint density at radius 1 is 1.09 bits per heavy atom. The summed E-state index contributed by atoms with van der Waals surface area (Å²) in [7, 11) is 0.289. The van der Waals surface area contributed by atoms with Crippen LogP contribution in [-0.2, 0) is 10.9 Å². The van der Waals surface area contributed by atoms with Gasteiger partial charge in [-0.3, -0.25) is 0 Å². The molecule has 0 bridgehead atoms. The summed E-state index contributed by atoms with van der Waals surface area (Å²) in [5.74, 6) is 0.927. The van der Waals surface area contributed by atoms with Gasteiger partial charge in [0, 0.05) is 6.42 Å². The van der Waals surface area contributed by atoms with Gasteiger partial charge in [0.2, 0.25) is 0 Å². The Hall–Kier alpha value is 0.140. The van der Waals surface area contributed by atoms with Crippen LogP contribution in [-0.4, -0.2) is 24.4 Å². The van der Waals surface area contributed by atoms with Gasteiger partial charge in [-0.25, -0.2) is 0 Å². The van der Waals surface area contributed by atoms with Crippen molar-refractivity contribution in [1.82, 2.24) is 0 Å². The first kappa shape index (κ1) is 11.1. The van der Waals surface area contributed by atoms with Crippen LogP contribution in [0.2, 0.25) is 0 Å². The van der Waals surface area contributed by atoms with E-state index in [9.17, 15) is 13.2 Å². The number of unbranched alkanes of at least 4 members (excludes halogenated alkanes) is 1. The van der Waals surface area contributed by atoms with E-state index >= 15 is 0 Å². The number of halogens is 3. The van der Waals surface area contributed by atoms with E-state index in [0.717, 1.165) is 5.75 Å². The van der Waals surface area contributed by atoms with Gasteiger partial charge in [0.05, 0.1) is 12.5 Å². The molecule has 0 saturated carbocycles. The molecule has 68 valence electrons. The van der Waals surface area contributed by atoms with Crippen LogP contribution in [0.5, 0.6) is 0 Å². The van der Waals surface area contributed by atoms with Crippen molar-refractivity contribution >= 4 is 10.9 Å². The molecule has 0 amide bonds. The normalized spacial score (nSPS) is 12.5. The average Bonchev–Trinajstić information content (AvgIpc) is 1.78. The lowest BCUT2D eigenvalue weighted by Crippen LogP contribution is -2.08. The number of alkyl halides is 3. The van der Waals surface area contributed by atoms with Gasteiger partial charge in [-0.05, 0) is 23.7 Å². The van der Waals surface area contributed by atoms with Crippen LogP contribution in [0.4, 0.5) is 13.2 Å². The molecule has 0 rings (SSSR count). The maximum absolute atomic E-state index is 11.6. The number of hydrogen-bond acceptors (Lipinski definition) is 0. The van der Waals surface area contributed by atoms with E-state index in [2.05, 4.69) is 0 Å². The lowest BCUT2D eigenvalue weighted by molar-refractivity contribution is -0.135. The zero-order valence-electron chi connectivity index (χ0n) is 6.87. The van der Waals surface area contributed by atoms with Crippen molar-refractivity contribution in [2.45, 2.75) is 25.4 Å². The Morgan fingerprint density at radius 3 is 2.00 bits per heavy atom. The zero-order valence-corrected chi connectivity index (χ0v) is 7.69. The Bertz CT molecular complexity index is 98.3. The third-order valence-corrected chi connectivity index (χ3v) is 2.37. The smallest absolute Gasteiger partial charge is 0.171 e. The van der Waals surface area contributed by atoms with Crippen LogP contribution in [0.1, 0.15) is 19.3 Å². The predicted octanol–water partition coefficient (Wildman–Crippen LogP) is 2.60. The monoisotopic (exact) mass is 187 g/mol. The second kappa shape index (κ2) is 4.91. The predicted molar refractivity (Wildman–Crippen MR) is 44.0 cm³/mol. The van der Waals surface area contributed by atoms with Crippen molar-refractivity contribution < 1.29 is 13.2 Å². The number of hydrogen-bond donors (Lipinski definition) is 0. The fourth-order valence-electron chi connectivity index (χ4n) is 0.716. The van der Waals surface area contributed by atoms with Gasteiger partial charge in [0.15, 0.2) is 0 Å². The molecule has 0 N–H and O–H groups in total. The SMILES string of the molecule is C[S+](C)CCCCC(F)(F)F. The third kappa shape index (κ3) is 10.1. The van der Waals surface area contributed by atoms with E-state index in [1.807, 2.05) is 12.5 Å². The van der Waals surface area contributed by atoms with Crippen LogP contribution in [0.25, 0.3) is 0 Å². The summed E-state index contributed by atoms with van der Waals surface area (Å²) in [5.41, 5.74) is 0. The summed E-state index contributed by atoms with van der Waals surface area (Å²) in [4.78, 5) is 0. The molecule has 0 unspecified atom stereocenters. The molecular formula is C7H14F3S+. The third-order valence-electron chi connectivity index (χ3n) is 1.26. The first-order valence-electron chi connectivity index (χ1n) is 3.53. The highest BCUT2D eigenvalue weighted by atomic mass is 32.2. The molecule has 0 nitrogen and oxygen atoms in total. The van der Waals surface area contributed by atoms with Gasteiger partial charge < -0.3 is 0 Å². The molecule has 0 fully saturated rings. The molecule has 11 heavy (non-hydrogen) atoms. The summed E-state index contributed by atoms with van der Waals surface area (Å²) >= 11 is 0. The number of rotatable bonds is 4. The minimum absolute atomic E-state index is 0.286. The molecule has 0 aliphatic rings. The summed E-state index contributed by atoms with van der Waals surface area (Å²) in [6.07, 6.45) is 0.510. The van der Waals surface area contributed by atoms with Crippen molar-refractivity contribution in [3.8, 4) is 0 Å². The van der Waals surface area contributed by atoms with Crippen molar-refractivity contribution in [3.63, 3.8) is 0 Å². The Kier molecular flexibility index (Phi) is 4.97. The molecule has 4 heteroatoms. The lowest BCUT2D eigenvalue weighted by atomic mass is 10.2. The second-order valence-corrected chi connectivity index (χ2v) is 5.14. The molecule has 0 atom stereocenters. The first-order chi connectivity index (χ1) is 4.92. The standard InChI is InChI=1S/C7H14F3S/c1-11(2)6-4-3-5-7(8,9)10/h3-6H2,1-2H3/q+1. The zero-order chi connectivity index (χ0) is 8.91. The molecule has 0 aromatic rings. The second-order valence-electron chi connectivity index (χ2n) is 2.76. The highest BCUT2D eigenvalue weighted by Crippen LogP contribution is 2.22. The van der Waals surface area contributed by atoms with E-state index in [0.29, 0.717) is 6.42 Å². The fourth-order valence-corrected chi connectivity index (χ4v) is 1.50. The van der Waals surface area contributed by atoms with Crippen LogP contribution in [0.3, 0.4) is 0 Å². The van der Waals surface area contributed by atoms with E-state index < -0.39 is 12.6 Å². The van der Waals surface area contributed by atoms with Gasteiger partial charge in [0.25, 0.3) is 0 Å². The molecule has 0 aromatic heterocycles. The van der Waals surface area contributed by atoms with E-state index in [-0.39, 0.29) is 17.3 Å². The topological polar surface area (TPSA) is 0 Å². The highest BCUT2D eigenvalue weighted by molar-refractivity contribution is 7.95. The molecular weight excluding hydrogens is 173 g/mol. The van der Waals surface area contributed by atoms with Crippen molar-refractivity contribution in [3.05, 3.63) is 0 Å². The van der Waals surface area contributed by atoms with Gasteiger partial charge in [-0.15, -0.1) is 0 Å². The van der Waals surface area contributed by atoms with Gasteiger partial charge >= 0.3 is 6.18 Å². The average molecular weight is 187 g/mol. The Morgan fingerprint density at radius 2 is 1.64 bits per heavy atom. The lowest BCUT2D eigenvalue weighted by Gasteiger charge is -2.04. The van der Waals surface area contributed by atoms with Gasteiger partial charge in [0.1, 0.15) is 5.75 Å². The van der Waals surface area contributed by atoms with Gasteiger partial charge in [-0.1, -0.05) is 0 Å². The van der Waals surface area contributed by atoms with Crippen LogP contribution in [0.15, 0.2) is 0 Å². The summed E-state index contributed by atoms with van der Waals surface area (Å²) in [6, 6.07) is 0. The Balaban J connectivity index is 3.15. The van der Waals surface area contributed by atoms with Crippen LogP contribution >= 0.6 is 0 Å². The maximum Gasteiger partial charge on any atom is 0.389 e. The van der Waals surface area contributed by atoms with Gasteiger partial charge in [-0.2, -0.15) is 13.2 Å². The molecule has 0 aromatic carbocycles. The quantitative estimate of drug-likeness (QED) is 0.469. The van der Waals surface area contributed by atoms with Crippen molar-refractivity contribution in [2.75, 3.05) is 18.3 Å². The van der Waals surface area contributed by atoms with Crippen molar-refractivity contribution in [2.24, 2.45) is 0 Å². The summed E-state index contributed by atoms with van der Waals surface area (Å²) in [5, 5.41) is 0. The largest absolute Gasteiger partial charge is 0.389 e. The summed E-state index contributed by atoms with van der Waals surface area (Å²) in [6.45, 7) is 0. The minimum atomic E-state index is -3.96. The maximum atomic E-state index is 11.6. The molecule has 0 radical (unpaired) electrons. The van der Waals surface area contributed by atoms with Crippen LogP contribution < -0.4 is 0 Å². The first-order valence-corrected chi connectivity index (χ1v) is 5.74. The highest BCUT2D eigenvalue weighted by Gasteiger charge is 2.26. The van der Waals surface area contributed by atoms with E-state index in [4.69, 9.17) is 0 Å². The summed E-state index contributed by atoms with van der Waals surface area (Å²) < 4.78 is 34.7. The Labute approximate surface area is 68.5 Å². The molecule has 0 aliphatic carbocycles. The van der Waals surface area contributed by atoms with Crippen molar-refractivity contribution in [1.29, 1.82) is 0 Å². The molecule has 0 saturated heterocycles. The molecule has 0 spiro atoms. The minimum Gasteiger partial charge on any atom is -0.171 e. The van der Waals surface area contributed by atoms with Crippen LogP contribution in [0, 0.1) is 0 Å². The fraction of sp³-hybridized carbons (Fsp3) is 1.00. The molecule has 0 aliphatic heterocycles.